The van der Waals surface area contributed by atoms with Crippen LogP contribution in [0, 0.1) is 0 Å². The lowest BCUT2D eigenvalue weighted by molar-refractivity contribution is -0.131. The van der Waals surface area contributed by atoms with Crippen LogP contribution < -0.4 is 10.1 Å². The van der Waals surface area contributed by atoms with Crippen LogP contribution in [0.15, 0.2) is 53.4 Å². The van der Waals surface area contributed by atoms with Crippen LogP contribution >= 0.6 is 11.3 Å². The Morgan fingerprint density at radius 1 is 1.20 bits per heavy atom. The van der Waals surface area contributed by atoms with Crippen molar-refractivity contribution < 1.29 is 14.3 Å². The second-order valence-corrected chi connectivity index (χ2v) is 6.13. The van der Waals surface area contributed by atoms with Crippen molar-refractivity contribution in [3.63, 3.8) is 0 Å². The molecule has 25 heavy (non-hydrogen) atoms. The van der Waals surface area contributed by atoms with Crippen molar-refractivity contribution in [2.45, 2.75) is 13.5 Å². The molecule has 0 aliphatic carbocycles. The van der Waals surface area contributed by atoms with Gasteiger partial charge in [0.05, 0.1) is 12.2 Å². The Morgan fingerprint density at radius 3 is 2.68 bits per heavy atom. The zero-order valence-electron chi connectivity index (χ0n) is 13.6. The second-order valence-electron chi connectivity index (χ2n) is 5.35. The third-order valence-corrected chi connectivity index (χ3v) is 4.15. The highest BCUT2D eigenvalue weighted by Crippen LogP contribution is 2.19. The molecule has 128 valence electrons. The third-order valence-electron chi connectivity index (χ3n) is 3.46. The van der Waals surface area contributed by atoms with E-state index in [0.29, 0.717) is 24.4 Å². The van der Waals surface area contributed by atoms with Gasteiger partial charge in [-0.15, -0.1) is 0 Å². The van der Waals surface area contributed by atoms with E-state index in [2.05, 4.69) is 10.4 Å². The summed E-state index contributed by atoms with van der Waals surface area (Å²) in [5.74, 6) is -0.153. The van der Waals surface area contributed by atoms with Crippen molar-refractivity contribution in [2.24, 2.45) is 0 Å². The van der Waals surface area contributed by atoms with E-state index in [-0.39, 0.29) is 5.91 Å². The highest BCUT2D eigenvalue weighted by molar-refractivity contribution is 7.08. The number of carbonyl (C=O) groups excluding carboxylic acids is 2. The molecule has 0 saturated carbocycles. The summed E-state index contributed by atoms with van der Waals surface area (Å²) in [5.41, 5.74) is 2.53. The molecular weight excluding hydrogens is 338 g/mol. The molecule has 0 atom stereocenters. The van der Waals surface area contributed by atoms with Gasteiger partial charge in [0.25, 0.3) is 5.91 Å². The molecule has 0 fully saturated rings. The molecule has 0 radical (unpaired) electrons. The molecule has 1 N–H and O–H groups in total. The predicted octanol–water partition coefficient (Wildman–Crippen LogP) is 2.97. The van der Waals surface area contributed by atoms with Gasteiger partial charge in [0.1, 0.15) is 5.75 Å². The van der Waals surface area contributed by atoms with E-state index >= 15 is 0 Å². The van der Waals surface area contributed by atoms with Crippen molar-refractivity contribution in [3.05, 3.63) is 58.9 Å². The quantitative estimate of drug-likeness (QED) is 0.545. The second kappa shape index (κ2) is 7.76. The lowest BCUT2D eigenvalue weighted by Crippen LogP contribution is -2.27. The summed E-state index contributed by atoms with van der Waals surface area (Å²) < 4.78 is 6.74. The molecule has 0 bridgehead atoms. The Hall–Kier alpha value is -2.93. The van der Waals surface area contributed by atoms with Crippen LogP contribution in [-0.2, 0) is 11.3 Å². The third kappa shape index (κ3) is 4.54. The maximum absolute atomic E-state index is 12.1. The molecule has 1 amide bonds. The van der Waals surface area contributed by atoms with E-state index in [0.717, 1.165) is 11.3 Å². The molecule has 6 nitrogen and oxygen atoms in total. The number of aromatic nitrogens is 2. The largest absolute Gasteiger partial charge is 0.427 e. The van der Waals surface area contributed by atoms with Crippen LogP contribution in [0.25, 0.3) is 11.3 Å². The zero-order chi connectivity index (χ0) is 17.6. The maximum atomic E-state index is 12.1. The monoisotopic (exact) mass is 355 g/mol. The van der Waals surface area contributed by atoms with E-state index in [4.69, 9.17) is 4.74 Å². The maximum Gasteiger partial charge on any atom is 0.308 e. The van der Waals surface area contributed by atoms with Crippen molar-refractivity contribution in [1.29, 1.82) is 0 Å². The van der Waals surface area contributed by atoms with Crippen LogP contribution in [0.5, 0.6) is 5.75 Å². The number of esters is 1. The molecule has 3 rings (SSSR count). The lowest BCUT2D eigenvalue weighted by Gasteiger charge is -2.06. The molecule has 0 aliphatic rings. The molecule has 1 aromatic carbocycles. The first-order chi connectivity index (χ1) is 12.1. The van der Waals surface area contributed by atoms with E-state index in [1.54, 1.807) is 40.3 Å². The first-order valence-corrected chi connectivity index (χ1v) is 8.69. The normalized spacial score (nSPS) is 10.4. The van der Waals surface area contributed by atoms with Gasteiger partial charge in [-0.3, -0.25) is 14.3 Å². The minimum Gasteiger partial charge on any atom is -0.427 e. The van der Waals surface area contributed by atoms with Gasteiger partial charge in [-0.1, -0.05) is 0 Å². The van der Waals surface area contributed by atoms with Crippen molar-refractivity contribution >= 4 is 23.2 Å². The fraction of sp³-hybridized carbons (Fsp3) is 0.167. The van der Waals surface area contributed by atoms with Gasteiger partial charge in [0.2, 0.25) is 0 Å². The summed E-state index contributed by atoms with van der Waals surface area (Å²) in [7, 11) is 0. The zero-order valence-corrected chi connectivity index (χ0v) is 14.5. The first kappa shape index (κ1) is 16.9. The molecule has 0 aliphatic heterocycles. The first-order valence-electron chi connectivity index (χ1n) is 7.74. The van der Waals surface area contributed by atoms with E-state index in [9.17, 15) is 9.59 Å². The topological polar surface area (TPSA) is 73.2 Å². The van der Waals surface area contributed by atoms with Crippen LogP contribution in [0.3, 0.4) is 0 Å². The van der Waals surface area contributed by atoms with Gasteiger partial charge in [0, 0.05) is 36.2 Å². The van der Waals surface area contributed by atoms with Gasteiger partial charge in [-0.05, 0) is 41.8 Å². The average molecular weight is 355 g/mol. The Labute approximate surface area is 149 Å². The molecule has 2 aromatic heterocycles. The summed E-state index contributed by atoms with van der Waals surface area (Å²) in [6, 6.07) is 10.4. The van der Waals surface area contributed by atoms with E-state index in [1.807, 2.05) is 29.1 Å². The molecule has 0 unspecified atom stereocenters. The number of ether oxygens (including phenoxy) is 1. The summed E-state index contributed by atoms with van der Waals surface area (Å²) in [6.45, 7) is 2.39. The number of benzene rings is 1. The number of hydrogen-bond donors (Lipinski definition) is 1. The van der Waals surface area contributed by atoms with Gasteiger partial charge < -0.3 is 10.1 Å². The van der Waals surface area contributed by atoms with E-state index < -0.39 is 5.97 Å². The van der Waals surface area contributed by atoms with Gasteiger partial charge in [-0.25, -0.2) is 0 Å². The van der Waals surface area contributed by atoms with Crippen molar-refractivity contribution in [2.75, 3.05) is 6.54 Å². The number of carbonyl (C=O) groups is 2. The fourth-order valence-corrected chi connectivity index (χ4v) is 2.93. The Bertz CT molecular complexity index is 854. The number of nitrogens with zero attached hydrogens (tertiary/aromatic N) is 2. The summed E-state index contributed by atoms with van der Waals surface area (Å²) >= 11 is 1.63. The number of thiophene rings is 1. The predicted molar refractivity (Wildman–Crippen MR) is 95.6 cm³/mol. The van der Waals surface area contributed by atoms with Crippen LogP contribution in [0.4, 0.5) is 0 Å². The smallest absolute Gasteiger partial charge is 0.308 e. The highest BCUT2D eigenvalue weighted by Gasteiger charge is 2.07. The number of hydrogen-bond acceptors (Lipinski definition) is 5. The fourth-order valence-electron chi connectivity index (χ4n) is 2.28. The van der Waals surface area contributed by atoms with Crippen molar-refractivity contribution in [3.8, 4) is 17.0 Å². The van der Waals surface area contributed by atoms with E-state index in [1.165, 1.54) is 6.92 Å². The molecule has 0 saturated heterocycles. The molecule has 2 heterocycles. The minimum absolute atomic E-state index is 0.181. The Morgan fingerprint density at radius 2 is 2.00 bits per heavy atom. The van der Waals surface area contributed by atoms with Gasteiger partial charge >= 0.3 is 5.97 Å². The average Bonchev–Trinajstić information content (AvgIpc) is 3.26. The summed E-state index contributed by atoms with van der Waals surface area (Å²) in [6.07, 6.45) is 1.90. The molecule has 3 aromatic rings. The molecule has 0 spiro atoms. The molecule has 7 heteroatoms. The number of amides is 1. The minimum atomic E-state index is -0.391. The van der Waals surface area contributed by atoms with Crippen LogP contribution in [-0.4, -0.2) is 28.2 Å². The Balaban J connectivity index is 1.50. The summed E-state index contributed by atoms with van der Waals surface area (Å²) in [5, 5.41) is 11.4. The molecular formula is C18H17N3O3S. The summed E-state index contributed by atoms with van der Waals surface area (Å²) in [4.78, 5) is 23.0. The lowest BCUT2D eigenvalue weighted by atomic mass is 10.2. The van der Waals surface area contributed by atoms with Crippen LogP contribution in [0.2, 0.25) is 0 Å². The number of nitrogens with one attached hydrogen (secondary N) is 1. The van der Waals surface area contributed by atoms with Crippen molar-refractivity contribution in [1.82, 2.24) is 15.1 Å². The Kier molecular flexibility index (Phi) is 5.25. The van der Waals surface area contributed by atoms with Gasteiger partial charge in [-0.2, -0.15) is 16.4 Å². The number of rotatable bonds is 6. The van der Waals surface area contributed by atoms with Gasteiger partial charge in [0.15, 0.2) is 0 Å². The van der Waals surface area contributed by atoms with Crippen LogP contribution in [0.1, 0.15) is 17.3 Å². The highest BCUT2D eigenvalue weighted by atomic mass is 32.1. The SMILES string of the molecule is CC(=O)Oc1ccc(C(=O)NCCn2ccc(-c3ccsc3)n2)cc1. The standard InChI is InChI=1S/C18H17N3O3S/c1-13(22)24-16-4-2-14(3-5-16)18(23)19-8-10-21-9-6-17(20-21)15-7-11-25-12-15/h2-7,9,11-12H,8,10H2,1H3,(H,19,23).